The van der Waals surface area contributed by atoms with Gasteiger partial charge in [0.25, 0.3) is 22.9 Å². The Kier molecular flexibility index (Phi) is 33.5. The molecule has 6 aromatic rings. The lowest BCUT2D eigenvalue weighted by atomic mass is 9.81. The number of hydrogen-bond acceptors (Lipinski definition) is 24. The number of nitrogens with zero attached hydrogens (tertiary/aromatic N) is 6. The van der Waals surface area contributed by atoms with Gasteiger partial charge in [-0.3, -0.25) is 76.9 Å². The summed E-state index contributed by atoms with van der Waals surface area (Å²) in [5.41, 5.74) is 13.5. The lowest BCUT2D eigenvalue weighted by Crippen LogP contribution is -2.46. The summed E-state index contributed by atoms with van der Waals surface area (Å²) >= 11 is 0. The number of unbranched alkanes of at least 4 members (excludes halogenated alkanes) is 4. The fraction of sp³-hybridized carbons (Fsp3) is 0.545. The molecular formula is C101H126F2N16O22. The highest BCUT2D eigenvalue weighted by molar-refractivity contribution is 6.13. The highest BCUT2D eigenvalue weighted by Crippen LogP contribution is 2.49. The summed E-state index contributed by atoms with van der Waals surface area (Å²) in [6.45, 7) is 16.2. The second kappa shape index (κ2) is 45.0. The Labute approximate surface area is 812 Å². The molecule has 4 aromatic heterocycles. The predicted molar refractivity (Wildman–Crippen MR) is 508 cm³/mol. The number of carbonyl (C=O) groups is 16. The number of pyridine rings is 4. The van der Waals surface area contributed by atoms with Crippen LogP contribution in [-0.4, -0.2) is 185 Å². The Balaban J connectivity index is 0.000000237. The Bertz CT molecular complexity index is 6210. The molecule has 756 valence electrons. The molecular weight excluding hydrogens is 1830 g/mol. The third kappa shape index (κ3) is 22.8. The van der Waals surface area contributed by atoms with Gasteiger partial charge in [0.1, 0.15) is 24.8 Å². The van der Waals surface area contributed by atoms with E-state index in [1.54, 1.807) is 74.4 Å². The molecule has 0 bridgehead atoms. The molecule has 14 N–H and O–H groups in total. The number of ketones is 2. The molecule has 8 aliphatic rings. The summed E-state index contributed by atoms with van der Waals surface area (Å²) in [6.07, 6.45) is 9.02. The number of urea groups is 2. The molecule has 141 heavy (non-hydrogen) atoms. The molecule has 40 heteroatoms. The van der Waals surface area contributed by atoms with Crippen molar-refractivity contribution < 1.29 is 105 Å². The maximum atomic E-state index is 15.4. The molecule has 2 aliphatic carbocycles. The van der Waals surface area contributed by atoms with E-state index in [0.29, 0.717) is 162 Å². The van der Waals surface area contributed by atoms with E-state index in [1.165, 1.54) is 38.3 Å². The fourth-order valence-corrected chi connectivity index (χ4v) is 20.6. The van der Waals surface area contributed by atoms with E-state index in [4.69, 9.17) is 30.9 Å². The number of primary amides is 2. The predicted octanol–water partition coefficient (Wildman–Crippen LogP) is 6.82. The van der Waals surface area contributed by atoms with E-state index in [9.17, 15) is 96.5 Å². The summed E-state index contributed by atoms with van der Waals surface area (Å²) in [5.74, 6) is -9.07. The summed E-state index contributed by atoms with van der Waals surface area (Å²) in [6, 6.07) is 1.56. The third-order valence-corrected chi connectivity index (χ3v) is 28.5. The van der Waals surface area contributed by atoms with Crippen molar-refractivity contribution in [2.24, 2.45) is 41.1 Å². The van der Waals surface area contributed by atoms with E-state index in [2.05, 4.69) is 42.5 Å². The molecule has 14 rings (SSSR count). The van der Waals surface area contributed by atoms with Gasteiger partial charge in [-0.1, -0.05) is 61.3 Å². The number of esters is 2. The minimum absolute atomic E-state index is 0.0117. The number of cyclic esters (lactones) is 2. The minimum Gasteiger partial charge on any atom is -0.458 e. The van der Waals surface area contributed by atoms with Crippen LogP contribution in [0.5, 0.6) is 0 Å². The summed E-state index contributed by atoms with van der Waals surface area (Å²) in [5, 5.41) is 46.8. The van der Waals surface area contributed by atoms with Crippen LogP contribution in [0.15, 0.2) is 46.0 Å². The SMILES string of the molecule is CC[C@@]1(O)C(=O)OCc2c1cc1n(c2=O)Cc2c-1nc1cc(F)c(C)c3c1c2[C@@H](NC(=O)CCCNC(=O)[C@H](CCCNC(N)=O)CC(=O)[C@@H](NC(=O)CCCCCN1C(=O)C=CC1=O)C(C)C)CC3.CC[C@@]1(O)C(=O)OCc2c1cc1n(c2=O)Cc2c-1nc1cc(F)c(C)c3c1c2[C@@H](NC(=O)CCCNC(=O)[C@H](CCCNC(N)=O)CC(=O)[C@@H](NC(=O)CCCCCN1C(=O)CC(C)C1=O)C(C)C)CC3. The number of aromatic nitrogens is 4. The largest absolute Gasteiger partial charge is 0.458 e. The number of halogens is 2. The Morgan fingerprint density at radius 3 is 1.27 bits per heavy atom. The number of ether oxygens (including phenoxy) is 2. The van der Waals surface area contributed by atoms with Gasteiger partial charge in [0.2, 0.25) is 47.3 Å². The number of hydrogen-bond donors (Lipinski definition) is 12. The summed E-state index contributed by atoms with van der Waals surface area (Å²) in [4.78, 5) is 244. The Morgan fingerprint density at radius 2 is 0.894 bits per heavy atom. The van der Waals surface area contributed by atoms with Crippen LogP contribution in [0.25, 0.3) is 44.6 Å². The second-order valence-electron chi connectivity index (χ2n) is 38.7. The number of rotatable bonds is 44. The smallest absolute Gasteiger partial charge is 0.343 e. The molecule has 0 spiro atoms. The second-order valence-corrected chi connectivity index (χ2v) is 38.7. The molecule has 1 unspecified atom stereocenters. The van der Waals surface area contributed by atoms with Crippen LogP contribution in [0.3, 0.4) is 0 Å². The van der Waals surface area contributed by atoms with Gasteiger partial charge in [-0.05, 0) is 174 Å². The number of aliphatic hydroxyl groups is 2. The number of fused-ring (bicyclic) bond motifs is 10. The van der Waals surface area contributed by atoms with Crippen LogP contribution in [0, 0.1) is 55.1 Å². The zero-order valence-electron chi connectivity index (χ0n) is 81.1. The van der Waals surface area contributed by atoms with Crippen LogP contribution in [0.2, 0.25) is 0 Å². The summed E-state index contributed by atoms with van der Waals surface area (Å²) < 4.78 is 44.3. The topological polar surface area (TPSA) is 557 Å². The zero-order chi connectivity index (χ0) is 102. The van der Waals surface area contributed by atoms with Crippen LogP contribution in [0.1, 0.15) is 275 Å². The van der Waals surface area contributed by atoms with Crippen molar-refractivity contribution in [3.63, 3.8) is 0 Å². The molecule has 1 fully saturated rings. The van der Waals surface area contributed by atoms with Crippen molar-refractivity contribution in [1.82, 2.24) is 71.4 Å². The standard InChI is InChI=1S/C51H65FN8O11.C50H61FN8O11/c1-6-51(70)33-22-37-45-31(24-60(37)48(67)32(33)25-71-49(51)68)43-35(16-15-30-28(5)34(52)23-36(57-45)42(30)43)56-39(62)14-11-17-54-46(65)29(12-10-18-55-50(53)69)21-38(61)44(26(2)3)58-40(63)13-8-7-9-19-59-41(64)20-27(4)47(59)66;1-5-50(69)32-22-36-45-30(24-59(36)47(66)31(32)25-70-48(50)67)43-34(15-14-29-27(4)33(51)23-35(56-45)42(29)43)55-38(61)13-10-18-53-46(65)28(11-9-19-54-49(52)68)21-37(60)44(26(2)3)57-39(62)12-7-6-8-20-58-40(63)16-17-41(58)64/h22-23,26-27,29,35,44,70H,6-21,24-25H2,1-5H3,(H,54,65)(H,56,62)(H,58,63)(H3,53,55,69);16-17,22-23,26,28,34,44,69H,5-15,18-21,24-25H2,1-4H3,(H,53,65)(H,55,61)(H,57,62)(H3,52,54,68)/t27?,29-,35+,44+,51+;28-,34+,44+,50+/m11/s1. The molecule has 9 atom stereocenters. The number of nitrogens with two attached hydrogens (primary N) is 2. The fourth-order valence-electron chi connectivity index (χ4n) is 20.6. The molecule has 2 aromatic carbocycles. The van der Waals surface area contributed by atoms with Crippen LogP contribution >= 0.6 is 0 Å². The van der Waals surface area contributed by atoms with Crippen molar-refractivity contribution in [1.29, 1.82) is 0 Å². The minimum atomic E-state index is -2.04. The van der Waals surface area contributed by atoms with Gasteiger partial charge in [0.15, 0.2) is 22.8 Å². The molecule has 0 saturated carbocycles. The van der Waals surface area contributed by atoms with Gasteiger partial charge >= 0.3 is 24.0 Å². The lowest BCUT2D eigenvalue weighted by Gasteiger charge is -2.31. The maximum absolute atomic E-state index is 15.4. The van der Waals surface area contributed by atoms with Crippen molar-refractivity contribution in [2.75, 3.05) is 39.3 Å². The lowest BCUT2D eigenvalue weighted by molar-refractivity contribution is -0.172. The van der Waals surface area contributed by atoms with Gasteiger partial charge < -0.3 is 82.8 Å². The highest BCUT2D eigenvalue weighted by Gasteiger charge is 2.49. The molecule has 0 radical (unpaired) electrons. The zero-order valence-corrected chi connectivity index (χ0v) is 81.1. The average molecular weight is 1950 g/mol. The van der Waals surface area contributed by atoms with E-state index in [-0.39, 0.29) is 241 Å². The van der Waals surface area contributed by atoms with Gasteiger partial charge in [-0.25, -0.2) is 37.9 Å². The molecule has 10 heterocycles. The molecule has 1 saturated heterocycles. The average Bonchev–Trinajstić information content (AvgIpc) is 1.58. The molecule has 38 nitrogen and oxygen atoms in total. The first kappa shape index (κ1) is 105. The van der Waals surface area contributed by atoms with Crippen molar-refractivity contribution in [3.8, 4) is 22.8 Å². The van der Waals surface area contributed by atoms with E-state index in [1.807, 2.05) is 0 Å². The normalized spacial score (nSPS) is 19.1. The number of benzene rings is 2. The van der Waals surface area contributed by atoms with Crippen molar-refractivity contribution >= 4 is 116 Å². The first-order chi connectivity index (χ1) is 67.1. The number of nitrogens with one attached hydrogen (secondary N) is 8. The van der Waals surface area contributed by atoms with E-state index in [0.717, 1.165) is 16.0 Å². The van der Waals surface area contributed by atoms with Crippen LogP contribution in [0.4, 0.5) is 18.4 Å². The Hall–Kier alpha value is -13.4. The third-order valence-electron chi connectivity index (χ3n) is 28.5. The molecule has 6 aliphatic heterocycles. The van der Waals surface area contributed by atoms with Crippen LogP contribution in [-0.2, 0) is 127 Å². The van der Waals surface area contributed by atoms with Crippen molar-refractivity contribution in [2.45, 2.75) is 285 Å². The number of imide groups is 2. The number of aryl methyl sites for hydroxylation is 2. The quantitative estimate of drug-likeness (QED) is 0.0106. The van der Waals surface area contributed by atoms with Gasteiger partial charge in [-0.15, -0.1) is 0 Å². The number of likely N-dealkylation sites (tertiary alicyclic amines) is 1. The summed E-state index contributed by atoms with van der Waals surface area (Å²) in [7, 11) is 0. The number of carbonyl (C=O) groups excluding carboxylic acids is 16. The van der Waals surface area contributed by atoms with Gasteiger partial charge in [0, 0.05) is 159 Å². The Morgan fingerprint density at radius 1 is 0.504 bits per heavy atom. The van der Waals surface area contributed by atoms with Gasteiger partial charge in [-0.2, -0.15) is 0 Å². The van der Waals surface area contributed by atoms with Crippen molar-refractivity contribution in [3.05, 3.63) is 136 Å². The monoisotopic (exact) mass is 1950 g/mol. The van der Waals surface area contributed by atoms with Gasteiger partial charge in [0.05, 0.1) is 82.2 Å². The first-order valence-corrected chi connectivity index (χ1v) is 48.9. The van der Waals surface area contributed by atoms with Crippen LogP contribution < -0.4 is 65.1 Å². The number of Topliss-reactive ketones (excluding diaryl/α,β-unsaturated/α-hetero) is 2. The maximum Gasteiger partial charge on any atom is 0.343 e. The first-order valence-electron chi connectivity index (χ1n) is 48.9. The number of amides is 14. The highest BCUT2D eigenvalue weighted by atomic mass is 19.1. The molecule has 14 amide bonds. The van der Waals surface area contributed by atoms with E-state index >= 15 is 8.78 Å². The van der Waals surface area contributed by atoms with E-state index < -0.39 is 106 Å².